The molecule has 0 aliphatic carbocycles. The minimum Gasteiger partial charge on any atom is -0.668 e. The van der Waals surface area contributed by atoms with E-state index in [2.05, 4.69) is 16.0 Å². The molecule has 0 saturated carbocycles. The largest absolute Gasteiger partial charge is 3.00 e. The van der Waals surface area contributed by atoms with Crippen molar-refractivity contribution in [2.24, 2.45) is 0 Å². The minimum absolute atomic E-state index is 0. The zero-order valence-corrected chi connectivity index (χ0v) is 9.02. The molecule has 0 aromatic heterocycles. The standard InChI is InChI=1S/3C2H6N.Cr/c3*1-3-2;/h3*1-2H3;/q3*-1;+3. The van der Waals surface area contributed by atoms with Crippen molar-refractivity contribution in [1.82, 2.24) is 0 Å². The molecule has 63 valence electrons. The summed E-state index contributed by atoms with van der Waals surface area (Å²) < 4.78 is 0. The molecule has 0 aromatic carbocycles. The fourth-order valence-corrected chi connectivity index (χ4v) is 0. The molecule has 4 heteroatoms. The summed E-state index contributed by atoms with van der Waals surface area (Å²) >= 11 is 0. The molecule has 0 aliphatic heterocycles. The third-order valence-corrected chi connectivity index (χ3v) is 0. The van der Waals surface area contributed by atoms with Crippen molar-refractivity contribution in [1.29, 1.82) is 0 Å². The van der Waals surface area contributed by atoms with Gasteiger partial charge in [-0.25, -0.2) is 0 Å². The number of rotatable bonds is 0. The van der Waals surface area contributed by atoms with E-state index in [0.717, 1.165) is 0 Å². The van der Waals surface area contributed by atoms with E-state index in [0.29, 0.717) is 0 Å². The molecule has 0 N–H and O–H groups in total. The zero-order chi connectivity index (χ0) is 8.12. The fraction of sp³-hybridized carbons (Fsp3) is 1.00. The molecule has 0 unspecified atom stereocenters. The number of nitrogens with zero attached hydrogens (tertiary/aromatic N) is 3. The molecule has 0 heterocycles. The molecule has 0 fully saturated rings. The van der Waals surface area contributed by atoms with Crippen molar-refractivity contribution in [2.45, 2.75) is 0 Å². The average molecular weight is 184 g/mol. The Balaban J connectivity index is -0.0000000257. The summed E-state index contributed by atoms with van der Waals surface area (Å²) in [7, 11) is 10.5. The Morgan fingerprint density at radius 3 is 0.500 bits per heavy atom. The van der Waals surface area contributed by atoms with E-state index in [1.165, 1.54) is 0 Å². The normalized spacial score (nSPS) is 5.40. The van der Waals surface area contributed by atoms with Crippen molar-refractivity contribution in [3.8, 4) is 0 Å². The monoisotopic (exact) mass is 184 g/mol. The summed E-state index contributed by atoms with van der Waals surface area (Å²) in [5.41, 5.74) is 0. The van der Waals surface area contributed by atoms with Crippen molar-refractivity contribution >= 4 is 0 Å². The zero-order valence-electron chi connectivity index (χ0n) is 7.75. The van der Waals surface area contributed by atoms with Gasteiger partial charge >= 0.3 is 17.4 Å². The first kappa shape index (κ1) is 22.4. The quantitative estimate of drug-likeness (QED) is 0.551. The molecule has 3 nitrogen and oxygen atoms in total. The predicted molar refractivity (Wildman–Crippen MR) is 45.6 cm³/mol. The van der Waals surface area contributed by atoms with Crippen LogP contribution in [0.1, 0.15) is 0 Å². The smallest absolute Gasteiger partial charge is 0.668 e. The molecule has 0 atom stereocenters. The van der Waals surface area contributed by atoms with Crippen molar-refractivity contribution in [2.75, 3.05) is 42.3 Å². The Labute approximate surface area is 76.1 Å². The predicted octanol–water partition coefficient (Wildman–Crippen LogP) is 1.86. The van der Waals surface area contributed by atoms with Gasteiger partial charge in [0.1, 0.15) is 0 Å². The second-order valence-electron chi connectivity index (χ2n) is 1.34. The summed E-state index contributed by atoms with van der Waals surface area (Å²) in [6.45, 7) is 0. The third kappa shape index (κ3) is 2720. The van der Waals surface area contributed by atoms with Crippen molar-refractivity contribution in [3.05, 3.63) is 16.0 Å². The average Bonchev–Trinajstić information content (AvgIpc) is 1.70. The van der Waals surface area contributed by atoms with E-state index in [1.54, 1.807) is 42.3 Å². The first-order chi connectivity index (χ1) is 4.24. The van der Waals surface area contributed by atoms with Gasteiger partial charge < -0.3 is 16.0 Å². The van der Waals surface area contributed by atoms with Crippen LogP contribution in [0.5, 0.6) is 0 Å². The van der Waals surface area contributed by atoms with Gasteiger partial charge in [0.15, 0.2) is 0 Å². The van der Waals surface area contributed by atoms with Crippen LogP contribution in [0, 0.1) is 0 Å². The van der Waals surface area contributed by atoms with Gasteiger partial charge in [0.05, 0.1) is 0 Å². The van der Waals surface area contributed by atoms with E-state index < -0.39 is 0 Å². The van der Waals surface area contributed by atoms with E-state index in [1.807, 2.05) is 0 Å². The number of hydrogen-bond acceptors (Lipinski definition) is 0. The number of hydrogen-bond donors (Lipinski definition) is 0. The van der Waals surface area contributed by atoms with E-state index >= 15 is 0 Å². The van der Waals surface area contributed by atoms with Crippen LogP contribution in [-0.4, -0.2) is 42.3 Å². The minimum atomic E-state index is 0. The van der Waals surface area contributed by atoms with E-state index in [4.69, 9.17) is 0 Å². The second kappa shape index (κ2) is 57.2. The van der Waals surface area contributed by atoms with Crippen LogP contribution in [0.4, 0.5) is 0 Å². The van der Waals surface area contributed by atoms with Gasteiger partial charge in [0.2, 0.25) is 0 Å². The van der Waals surface area contributed by atoms with Gasteiger partial charge in [-0.05, 0) is 0 Å². The molecule has 0 bridgehead atoms. The van der Waals surface area contributed by atoms with Crippen LogP contribution in [0.25, 0.3) is 16.0 Å². The molecule has 1 radical (unpaired) electrons. The van der Waals surface area contributed by atoms with Crippen LogP contribution >= 0.6 is 0 Å². The molecule has 0 rings (SSSR count). The Kier molecular flexibility index (Phi) is 128. The first-order valence-electron chi connectivity index (χ1n) is 2.68. The molecule has 10 heavy (non-hydrogen) atoms. The summed E-state index contributed by atoms with van der Waals surface area (Å²) in [5, 5.41) is 10.5. The van der Waals surface area contributed by atoms with Gasteiger partial charge in [-0.15, -0.1) is 0 Å². The Morgan fingerprint density at radius 2 is 0.500 bits per heavy atom. The Morgan fingerprint density at radius 1 is 0.500 bits per heavy atom. The van der Waals surface area contributed by atoms with Gasteiger partial charge in [-0.2, -0.15) is 42.3 Å². The summed E-state index contributed by atoms with van der Waals surface area (Å²) in [6, 6.07) is 0. The maximum atomic E-state index is 3.50. The van der Waals surface area contributed by atoms with Crippen LogP contribution in [0.2, 0.25) is 0 Å². The summed E-state index contributed by atoms with van der Waals surface area (Å²) in [6.07, 6.45) is 0. The van der Waals surface area contributed by atoms with Gasteiger partial charge in [-0.1, -0.05) is 0 Å². The van der Waals surface area contributed by atoms with Crippen LogP contribution < -0.4 is 0 Å². The maximum absolute atomic E-state index is 3.50. The van der Waals surface area contributed by atoms with Gasteiger partial charge in [0, 0.05) is 0 Å². The summed E-state index contributed by atoms with van der Waals surface area (Å²) in [4.78, 5) is 0. The van der Waals surface area contributed by atoms with Crippen LogP contribution in [-0.2, 0) is 17.4 Å². The molecule has 0 spiro atoms. The van der Waals surface area contributed by atoms with Crippen molar-refractivity contribution < 1.29 is 17.4 Å². The topological polar surface area (TPSA) is 42.3 Å². The molecular formula is C6H18CrN3. The first-order valence-corrected chi connectivity index (χ1v) is 2.68. The molecule has 0 amide bonds. The molecule has 0 aromatic rings. The molecular weight excluding hydrogens is 166 g/mol. The molecule has 0 saturated heterocycles. The maximum Gasteiger partial charge on any atom is 3.00 e. The van der Waals surface area contributed by atoms with Crippen LogP contribution in [0.3, 0.4) is 0 Å². The SMILES string of the molecule is C[N-]C.C[N-]C.C[N-]C.[Cr+3]. The van der Waals surface area contributed by atoms with E-state index in [9.17, 15) is 0 Å². The van der Waals surface area contributed by atoms with Gasteiger partial charge in [-0.3, -0.25) is 0 Å². The Bertz CT molecular complexity index is 17.7. The third-order valence-electron chi connectivity index (χ3n) is 0. The van der Waals surface area contributed by atoms with Crippen molar-refractivity contribution in [3.63, 3.8) is 0 Å². The second-order valence-corrected chi connectivity index (χ2v) is 1.34. The Hall–Kier alpha value is 0.412. The fourth-order valence-electron chi connectivity index (χ4n) is 0. The molecule has 0 aliphatic rings. The summed E-state index contributed by atoms with van der Waals surface area (Å²) in [5.74, 6) is 0. The van der Waals surface area contributed by atoms with Crippen LogP contribution in [0.15, 0.2) is 0 Å². The van der Waals surface area contributed by atoms with E-state index in [-0.39, 0.29) is 17.4 Å². The van der Waals surface area contributed by atoms with Gasteiger partial charge in [0.25, 0.3) is 0 Å².